The van der Waals surface area contributed by atoms with E-state index in [-0.39, 0.29) is 12.0 Å². The standard InChI is InChI=1S/C25H27ClN2O2/c1-17(2)30-22-13-12-21(20-7-6-16-27-23(20)22)28-24(29)25(14-4-3-5-15-25)18-8-10-19(26)11-9-18/h6-13,16-17H,3-5,14-15H2,1-2H3,(H,28,29). The van der Waals surface area contributed by atoms with Crippen molar-refractivity contribution in [1.29, 1.82) is 0 Å². The second-order valence-corrected chi connectivity index (χ2v) is 8.72. The summed E-state index contributed by atoms with van der Waals surface area (Å²) in [5, 5.41) is 4.79. The highest BCUT2D eigenvalue weighted by molar-refractivity contribution is 6.30. The van der Waals surface area contributed by atoms with E-state index in [9.17, 15) is 4.79 Å². The van der Waals surface area contributed by atoms with E-state index in [4.69, 9.17) is 16.3 Å². The molecule has 0 atom stereocenters. The number of nitrogens with one attached hydrogen (secondary N) is 1. The minimum atomic E-state index is -0.537. The van der Waals surface area contributed by atoms with Gasteiger partial charge in [-0.25, -0.2) is 0 Å². The number of benzene rings is 2. The van der Waals surface area contributed by atoms with Crippen LogP contribution in [0.1, 0.15) is 51.5 Å². The Hall–Kier alpha value is -2.59. The number of aromatic nitrogens is 1. The molecule has 1 aromatic heterocycles. The normalized spacial score (nSPS) is 15.9. The SMILES string of the molecule is CC(C)Oc1ccc(NC(=O)C2(c3ccc(Cl)cc3)CCCCC2)c2cccnc12. The number of halogens is 1. The lowest BCUT2D eigenvalue weighted by molar-refractivity contribution is -0.122. The number of carbonyl (C=O) groups is 1. The highest BCUT2D eigenvalue weighted by Gasteiger charge is 2.41. The molecule has 156 valence electrons. The molecule has 1 aliphatic rings. The third kappa shape index (κ3) is 4.01. The van der Waals surface area contributed by atoms with Gasteiger partial charge in [0.05, 0.1) is 17.2 Å². The quantitative estimate of drug-likeness (QED) is 0.509. The lowest BCUT2D eigenvalue weighted by Gasteiger charge is -2.36. The summed E-state index contributed by atoms with van der Waals surface area (Å²) >= 11 is 6.10. The van der Waals surface area contributed by atoms with E-state index in [1.54, 1.807) is 6.20 Å². The second-order valence-electron chi connectivity index (χ2n) is 8.28. The number of amides is 1. The maximum Gasteiger partial charge on any atom is 0.235 e. The highest BCUT2D eigenvalue weighted by atomic mass is 35.5. The first-order valence-electron chi connectivity index (χ1n) is 10.6. The summed E-state index contributed by atoms with van der Waals surface area (Å²) in [6, 6.07) is 15.4. The Morgan fingerprint density at radius 3 is 2.50 bits per heavy atom. The van der Waals surface area contributed by atoms with Crippen LogP contribution in [0.3, 0.4) is 0 Å². The molecule has 0 bridgehead atoms. The van der Waals surface area contributed by atoms with Crippen molar-refractivity contribution in [2.45, 2.75) is 57.5 Å². The fourth-order valence-electron chi connectivity index (χ4n) is 4.42. The van der Waals surface area contributed by atoms with Gasteiger partial charge in [-0.3, -0.25) is 9.78 Å². The fourth-order valence-corrected chi connectivity index (χ4v) is 4.54. The minimum absolute atomic E-state index is 0.0344. The third-order valence-electron chi connectivity index (χ3n) is 5.88. The number of hydrogen-bond donors (Lipinski definition) is 1. The van der Waals surface area contributed by atoms with Crippen LogP contribution >= 0.6 is 11.6 Å². The molecular weight excluding hydrogens is 396 g/mol. The minimum Gasteiger partial charge on any atom is -0.489 e. The van der Waals surface area contributed by atoms with Crippen LogP contribution in [0.4, 0.5) is 5.69 Å². The Morgan fingerprint density at radius 1 is 1.07 bits per heavy atom. The molecular formula is C25H27ClN2O2. The maximum absolute atomic E-state index is 13.7. The van der Waals surface area contributed by atoms with Gasteiger partial charge in [0.2, 0.25) is 5.91 Å². The summed E-state index contributed by atoms with van der Waals surface area (Å²) in [5.74, 6) is 0.760. The van der Waals surface area contributed by atoms with Gasteiger partial charge in [0.1, 0.15) is 11.3 Å². The van der Waals surface area contributed by atoms with E-state index in [1.165, 1.54) is 0 Å². The highest BCUT2D eigenvalue weighted by Crippen LogP contribution is 2.41. The number of rotatable bonds is 5. The number of hydrogen-bond acceptors (Lipinski definition) is 3. The molecule has 1 heterocycles. The summed E-state index contributed by atoms with van der Waals surface area (Å²) < 4.78 is 5.92. The van der Waals surface area contributed by atoms with Crippen molar-refractivity contribution >= 4 is 34.1 Å². The molecule has 2 aromatic carbocycles. The summed E-state index contributed by atoms with van der Waals surface area (Å²) in [7, 11) is 0. The Bertz CT molecular complexity index is 1040. The van der Waals surface area contributed by atoms with Gasteiger partial charge in [0.15, 0.2) is 0 Å². The first kappa shape index (κ1) is 20.7. The van der Waals surface area contributed by atoms with Crippen LogP contribution < -0.4 is 10.1 Å². The number of fused-ring (bicyclic) bond motifs is 1. The fraction of sp³-hybridized carbons (Fsp3) is 0.360. The van der Waals surface area contributed by atoms with Crippen molar-refractivity contribution in [3.63, 3.8) is 0 Å². The molecule has 3 aromatic rings. The molecule has 0 spiro atoms. The summed E-state index contributed by atoms with van der Waals surface area (Å²) in [6.07, 6.45) is 6.72. The number of carbonyl (C=O) groups excluding carboxylic acids is 1. The molecule has 0 aliphatic heterocycles. The van der Waals surface area contributed by atoms with Gasteiger partial charge in [-0.2, -0.15) is 0 Å². The van der Waals surface area contributed by atoms with E-state index < -0.39 is 5.41 Å². The Balaban J connectivity index is 1.71. The number of anilines is 1. The number of nitrogens with zero attached hydrogens (tertiary/aromatic N) is 1. The van der Waals surface area contributed by atoms with Crippen LogP contribution in [0.2, 0.25) is 5.02 Å². The lowest BCUT2D eigenvalue weighted by atomic mass is 9.68. The number of ether oxygens (including phenoxy) is 1. The van der Waals surface area contributed by atoms with E-state index in [2.05, 4.69) is 10.3 Å². The largest absolute Gasteiger partial charge is 0.489 e. The molecule has 1 saturated carbocycles. The van der Waals surface area contributed by atoms with Crippen LogP contribution in [0.15, 0.2) is 54.7 Å². The van der Waals surface area contributed by atoms with E-state index >= 15 is 0 Å². The molecule has 1 amide bonds. The molecule has 4 nitrogen and oxygen atoms in total. The van der Waals surface area contributed by atoms with Crippen LogP contribution in [-0.4, -0.2) is 17.0 Å². The van der Waals surface area contributed by atoms with Crippen molar-refractivity contribution in [3.05, 3.63) is 65.3 Å². The number of pyridine rings is 1. The Labute approximate surface area is 182 Å². The van der Waals surface area contributed by atoms with Gasteiger partial charge >= 0.3 is 0 Å². The van der Waals surface area contributed by atoms with Gasteiger partial charge in [-0.05, 0) is 68.7 Å². The molecule has 1 fully saturated rings. The summed E-state index contributed by atoms with van der Waals surface area (Å²) in [5.41, 5.74) is 2.02. The molecule has 0 radical (unpaired) electrons. The van der Waals surface area contributed by atoms with E-state index in [1.807, 2.05) is 62.4 Å². The molecule has 4 rings (SSSR count). The zero-order valence-corrected chi connectivity index (χ0v) is 18.2. The van der Waals surface area contributed by atoms with Crippen LogP contribution in [0.5, 0.6) is 5.75 Å². The third-order valence-corrected chi connectivity index (χ3v) is 6.13. The average molecular weight is 423 g/mol. The average Bonchev–Trinajstić information content (AvgIpc) is 2.76. The topological polar surface area (TPSA) is 51.2 Å². The van der Waals surface area contributed by atoms with Crippen molar-refractivity contribution in [1.82, 2.24) is 4.98 Å². The predicted octanol–water partition coefficient (Wildman–Crippen LogP) is 6.52. The van der Waals surface area contributed by atoms with Crippen LogP contribution in [0.25, 0.3) is 10.9 Å². The zero-order valence-electron chi connectivity index (χ0n) is 17.5. The van der Waals surface area contributed by atoms with Gasteiger partial charge in [0, 0.05) is 16.6 Å². The van der Waals surface area contributed by atoms with Gasteiger partial charge in [0.25, 0.3) is 0 Å². The second kappa shape index (κ2) is 8.65. The predicted molar refractivity (Wildman–Crippen MR) is 122 cm³/mol. The summed E-state index contributed by atoms with van der Waals surface area (Å²) in [6.45, 7) is 3.98. The molecule has 0 saturated heterocycles. The van der Waals surface area contributed by atoms with Crippen molar-refractivity contribution in [3.8, 4) is 5.75 Å². The van der Waals surface area contributed by atoms with Gasteiger partial charge in [-0.15, -0.1) is 0 Å². The summed E-state index contributed by atoms with van der Waals surface area (Å²) in [4.78, 5) is 18.2. The molecule has 0 unspecified atom stereocenters. The van der Waals surface area contributed by atoms with Gasteiger partial charge in [-0.1, -0.05) is 43.0 Å². The van der Waals surface area contributed by atoms with Gasteiger partial charge < -0.3 is 10.1 Å². The molecule has 30 heavy (non-hydrogen) atoms. The van der Waals surface area contributed by atoms with Crippen molar-refractivity contribution in [2.24, 2.45) is 0 Å². The monoisotopic (exact) mass is 422 g/mol. The first-order chi connectivity index (χ1) is 14.5. The van der Waals surface area contributed by atoms with Crippen LogP contribution in [0, 0.1) is 0 Å². The van der Waals surface area contributed by atoms with Crippen molar-refractivity contribution < 1.29 is 9.53 Å². The molecule has 5 heteroatoms. The Kier molecular flexibility index (Phi) is 5.96. The van der Waals surface area contributed by atoms with Crippen LogP contribution in [-0.2, 0) is 10.2 Å². The first-order valence-corrected chi connectivity index (χ1v) is 11.0. The molecule has 1 aliphatic carbocycles. The lowest BCUT2D eigenvalue weighted by Crippen LogP contribution is -2.42. The molecule has 1 N–H and O–H groups in total. The maximum atomic E-state index is 13.7. The smallest absolute Gasteiger partial charge is 0.235 e. The zero-order chi connectivity index (χ0) is 21.1. The Morgan fingerprint density at radius 2 is 1.80 bits per heavy atom. The van der Waals surface area contributed by atoms with E-state index in [0.717, 1.165) is 60.0 Å². The van der Waals surface area contributed by atoms with Crippen molar-refractivity contribution in [2.75, 3.05) is 5.32 Å². The van der Waals surface area contributed by atoms with E-state index in [0.29, 0.717) is 5.02 Å².